The van der Waals surface area contributed by atoms with Crippen molar-refractivity contribution in [2.45, 2.75) is 26.3 Å². The van der Waals surface area contributed by atoms with Gasteiger partial charge in [-0.15, -0.1) is 0 Å². The van der Waals surface area contributed by atoms with Gasteiger partial charge in [0.2, 0.25) is 0 Å². The first kappa shape index (κ1) is 14.8. The molecule has 1 aromatic carbocycles. The number of piperazine rings is 1. The molecule has 0 saturated carbocycles. The van der Waals surface area contributed by atoms with Crippen LogP contribution in [0.1, 0.15) is 37.4 Å². The highest BCUT2D eigenvalue weighted by atomic mass is 16.3. The lowest BCUT2D eigenvalue weighted by atomic mass is 9.93. The van der Waals surface area contributed by atoms with Crippen LogP contribution in [0.3, 0.4) is 0 Å². The summed E-state index contributed by atoms with van der Waals surface area (Å²) in [5, 5.41) is 22.6. The van der Waals surface area contributed by atoms with Crippen molar-refractivity contribution < 1.29 is 5.11 Å². The standard InChI is InChI=1S/C16H23N3O/c1-12(2)9-15(19-7-5-18-6-8-19)14-10-13(11-17)3-4-16(14)20/h3-4,10,12,15,18,20H,5-9H2,1-2H3/t15-/m1/s1. The van der Waals surface area contributed by atoms with Gasteiger partial charge in [0.25, 0.3) is 0 Å². The summed E-state index contributed by atoms with van der Waals surface area (Å²) in [7, 11) is 0. The maximum absolute atomic E-state index is 10.2. The van der Waals surface area contributed by atoms with E-state index in [9.17, 15) is 5.11 Å². The average Bonchev–Trinajstić information content (AvgIpc) is 2.46. The van der Waals surface area contributed by atoms with E-state index in [1.165, 1.54) is 0 Å². The molecule has 0 amide bonds. The number of aromatic hydroxyl groups is 1. The second-order valence-electron chi connectivity index (χ2n) is 5.82. The van der Waals surface area contributed by atoms with Crippen LogP contribution in [0.5, 0.6) is 5.75 Å². The van der Waals surface area contributed by atoms with Gasteiger partial charge < -0.3 is 10.4 Å². The molecule has 1 saturated heterocycles. The number of hydrogen-bond donors (Lipinski definition) is 2. The molecule has 2 rings (SSSR count). The molecule has 4 nitrogen and oxygen atoms in total. The zero-order chi connectivity index (χ0) is 14.5. The van der Waals surface area contributed by atoms with E-state index in [-0.39, 0.29) is 6.04 Å². The minimum atomic E-state index is 0.186. The Morgan fingerprint density at radius 2 is 2.05 bits per heavy atom. The smallest absolute Gasteiger partial charge is 0.120 e. The van der Waals surface area contributed by atoms with E-state index in [0.29, 0.717) is 17.2 Å². The summed E-state index contributed by atoms with van der Waals surface area (Å²) < 4.78 is 0. The van der Waals surface area contributed by atoms with Crippen molar-refractivity contribution in [3.63, 3.8) is 0 Å². The van der Waals surface area contributed by atoms with Crippen LogP contribution < -0.4 is 5.32 Å². The summed E-state index contributed by atoms with van der Waals surface area (Å²) >= 11 is 0. The van der Waals surface area contributed by atoms with E-state index >= 15 is 0 Å². The maximum atomic E-state index is 10.2. The lowest BCUT2D eigenvalue weighted by molar-refractivity contribution is 0.151. The molecule has 4 heteroatoms. The highest BCUT2D eigenvalue weighted by Gasteiger charge is 2.25. The van der Waals surface area contributed by atoms with Crippen molar-refractivity contribution in [1.82, 2.24) is 10.2 Å². The lowest BCUT2D eigenvalue weighted by Gasteiger charge is -2.36. The predicted octanol–water partition coefficient (Wildman–Crippen LogP) is 2.26. The molecule has 0 aromatic heterocycles. The van der Waals surface area contributed by atoms with Crippen molar-refractivity contribution in [1.29, 1.82) is 5.26 Å². The SMILES string of the molecule is CC(C)C[C@H](c1cc(C#N)ccc1O)N1CCNCC1. The van der Waals surface area contributed by atoms with Gasteiger partial charge in [0.05, 0.1) is 11.6 Å². The Balaban J connectivity index is 2.32. The Morgan fingerprint density at radius 3 is 2.65 bits per heavy atom. The number of hydrogen-bond acceptors (Lipinski definition) is 4. The van der Waals surface area contributed by atoms with Crippen LogP contribution in [0.2, 0.25) is 0 Å². The minimum absolute atomic E-state index is 0.186. The summed E-state index contributed by atoms with van der Waals surface area (Å²) in [4.78, 5) is 2.41. The van der Waals surface area contributed by atoms with Crippen molar-refractivity contribution in [2.75, 3.05) is 26.2 Å². The summed E-state index contributed by atoms with van der Waals surface area (Å²) in [5.41, 5.74) is 1.50. The normalized spacial score (nSPS) is 17.9. The van der Waals surface area contributed by atoms with Crippen LogP contribution in [-0.2, 0) is 0 Å². The lowest BCUT2D eigenvalue weighted by Crippen LogP contribution is -2.45. The van der Waals surface area contributed by atoms with Crippen molar-refractivity contribution in [3.8, 4) is 11.8 Å². The van der Waals surface area contributed by atoms with E-state index < -0.39 is 0 Å². The van der Waals surface area contributed by atoms with Gasteiger partial charge in [-0.3, -0.25) is 4.90 Å². The second-order valence-corrected chi connectivity index (χ2v) is 5.82. The molecule has 2 N–H and O–H groups in total. The van der Waals surface area contributed by atoms with Crippen LogP contribution in [-0.4, -0.2) is 36.2 Å². The van der Waals surface area contributed by atoms with Crippen LogP contribution >= 0.6 is 0 Å². The van der Waals surface area contributed by atoms with Gasteiger partial charge in [-0.05, 0) is 30.5 Å². The molecule has 1 fully saturated rings. The molecule has 1 aromatic rings. The molecular formula is C16H23N3O. The molecular weight excluding hydrogens is 250 g/mol. The highest BCUT2D eigenvalue weighted by molar-refractivity contribution is 5.43. The van der Waals surface area contributed by atoms with Crippen LogP contribution in [0.4, 0.5) is 0 Å². The van der Waals surface area contributed by atoms with Crippen molar-refractivity contribution in [2.24, 2.45) is 5.92 Å². The van der Waals surface area contributed by atoms with Gasteiger partial charge in [-0.25, -0.2) is 0 Å². The zero-order valence-electron chi connectivity index (χ0n) is 12.3. The Kier molecular flexibility index (Phi) is 4.99. The first-order valence-corrected chi connectivity index (χ1v) is 7.29. The monoisotopic (exact) mass is 273 g/mol. The third kappa shape index (κ3) is 3.50. The van der Waals surface area contributed by atoms with Gasteiger partial charge in [-0.2, -0.15) is 5.26 Å². The fourth-order valence-corrected chi connectivity index (χ4v) is 2.80. The zero-order valence-corrected chi connectivity index (χ0v) is 12.3. The van der Waals surface area contributed by atoms with Crippen LogP contribution in [0, 0.1) is 17.2 Å². The predicted molar refractivity (Wildman–Crippen MR) is 79.5 cm³/mol. The minimum Gasteiger partial charge on any atom is -0.508 e. The number of nitrogens with one attached hydrogen (secondary N) is 1. The Morgan fingerprint density at radius 1 is 1.35 bits per heavy atom. The number of nitrogens with zero attached hydrogens (tertiary/aromatic N) is 2. The first-order valence-electron chi connectivity index (χ1n) is 7.29. The van der Waals surface area contributed by atoms with Gasteiger partial charge >= 0.3 is 0 Å². The van der Waals surface area contributed by atoms with Gasteiger partial charge in [-0.1, -0.05) is 13.8 Å². The van der Waals surface area contributed by atoms with Gasteiger partial charge in [0.15, 0.2) is 0 Å². The summed E-state index contributed by atoms with van der Waals surface area (Å²) in [6.07, 6.45) is 0.989. The number of phenols is 1. The Bertz CT molecular complexity index is 487. The van der Waals surface area contributed by atoms with Crippen LogP contribution in [0.25, 0.3) is 0 Å². The fraction of sp³-hybridized carbons (Fsp3) is 0.562. The molecule has 0 aliphatic carbocycles. The summed E-state index contributed by atoms with van der Waals surface area (Å²) in [5.74, 6) is 0.841. The summed E-state index contributed by atoms with van der Waals surface area (Å²) in [6.45, 7) is 8.31. The average molecular weight is 273 g/mol. The molecule has 0 bridgehead atoms. The van der Waals surface area contributed by atoms with Gasteiger partial charge in [0, 0.05) is 37.8 Å². The topological polar surface area (TPSA) is 59.3 Å². The summed E-state index contributed by atoms with van der Waals surface area (Å²) in [6, 6.07) is 7.50. The fourth-order valence-electron chi connectivity index (χ4n) is 2.80. The van der Waals surface area contributed by atoms with Gasteiger partial charge in [0.1, 0.15) is 5.75 Å². The quantitative estimate of drug-likeness (QED) is 0.883. The Labute approximate surface area is 121 Å². The molecule has 1 heterocycles. The number of nitriles is 1. The largest absolute Gasteiger partial charge is 0.508 e. The van der Waals surface area contributed by atoms with E-state index in [4.69, 9.17) is 5.26 Å². The maximum Gasteiger partial charge on any atom is 0.120 e. The second kappa shape index (κ2) is 6.74. The molecule has 0 spiro atoms. The van der Waals surface area contributed by atoms with Crippen LogP contribution in [0.15, 0.2) is 18.2 Å². The third-order valence-corrected chi connectivity index (χ3v) is 3.80. The number of benzene rings is 1. The molecule has 1 aliphatic heterocycles. The van der Waals surface area contributed by atoms with E-state index in [2.05, 4.69) is 30.1 Å². The molecule has 0 unspecified atom stereocenters. The number of rotatable bonds is 4. The van der Waals surface area contributed by atoms with Crippen molar-refractivity contribution in [3.05, 3.63) is 29.3 Å². The first-order chi connectivity index (χ1) is 9.61. The third-order valence-electron chi connectivity index (χ3n) is 3.80. The van der Waals surface area contributed by atoms with E-state index in [0.717, 1.165) is 38.2 Å². The molecule has 108 valence electrons. The molecule has 1 aliphatic rings. The number of phenolic OH excluding ortho intramolecular Hbond substituents is 1. The van der Waals surface area contributed by atoms with E-state index in [1.807, 2.05) is 6.07 Å². The molecule has 20 heavy (non-hydrogen) atoms. The Hall–Kier alpha value is -1.57. The molecule has 1 atom stereocenters. The van der Waals surface area contributed by atoms with E-state index in [1.54, 1.807) is 12.1 Å². The van der Waals surface area contributed by atoms with Crippen molar-refractivity contribution >= 4 is 0 Å². The molecule has 0 radical (unpaired) electrons. The highest BCUT2D eigenvalue weighted by Crippen LogP contribution is 2.34.